The molecule has 0 saturated heterocycles. The van der Waals surface area contributed by atoms with Gasteiger partial charge in [-0.1, -0.05) is 16.8 Å². The Bertz CT molecular complexity index is 427. The van der Waals surface area contributed by atoms with Crippen molar-refractivity contribution < 1.29 is 4.52 Å². The van der Waals surface area contributed by atoms with Gasteiger partial charge in [-0.25, -0.2) is 0 Å². The molecule has 2 aromatic rings. The number of hydrogen-bond donors (Lipinski definition) is 1. The van der Waals surface area contributed by atoms with Crippen LogP contribution in [0.15, 0.2) is 28.8 Å². The molecule has 4 nitrogen and oxygen atoms in total. The van der Waals surface area contributed by atoms with Crippen LogP contribution in [0.4, 0.5) is 0 Å². The molecule has 2 N–H and O–H groups in total. The van der Waals surface area contributed by atoms with E-state index in [9.17, 15) is 0 Å². The fourth-order valence-electron chi connectivity index (χ4n) is 1.05. The topological polar surface area (TPSA) is 64.9 Å². The predicted octanol–water partition coefficient (Wildman–Crippen LogP) is 2.27. The normalized spacial score (nSPS) is 9.73. The Hall–Kier alpha value is -1.10. The zero-order valence-electron chi connectivity index (χ0n) is 7.68. The molecule has 0 spiro atoms. The lowest BCUT2D eigenvalue weighted by Crippen LogP contribution is -1.95. The summed E-state index contributed by atoms with van der Waals surface area (Å²) in [5.41, 5.74) is 6.21. The molecule has 1 aromatic heterocycles. The molecule has 80 valence electrons. The van der Waals surface area contributed by atoms with Crippen LogP contribution >= 0.6 is 24.0 Å². The average molecular weight is 246 g/mol. The predicted molar refractivity (Wildman–Crippen MR) is 59.9 cm³/mol. The van der Waals surface area contributed by atoms with Crippen molar-refractivity contribution in [2.45, 2.75) is 6.54 Å². The van der Waals surface area contributed by atoms with E-state index in [1.165, 1.54) is 0 Å². The lowest BCUT2D eigenvalue weighted by atomic mass is 10.2. The van der Waals surface area contributed by atoms with Crippen molar-refractivity contribution in [3.05, 3.63) is 35.2 Å². The Balaban J connectivity index is 0.00000112. The Morgan fingerprint density at radius 2 is 1.93 bits per heavy atom. The highest BCUT2D eigenvalue weighted by Crippen LogP contribution is 2.18. The van der Waals surface area contributed by atoms with E-state index in [0.29, 0.717) is 16.7 Å². The second-order valence-corrected chi connectivity index (χ2v) is 3.16. The number of hydrogen-bond acceptors (Lipinski definition) is 4. The minimum atomic E-state index is 0. The summed E-state index contributed by atoms with van der Waals surface area (Å²) in [5, 5.41) is 4.45. The molecule has 0 aliphatic carbocycles. The van der Waals surface area contributed by atoms with Gasteiger partial charge in [0.05, 0.1) is 6.54 Å². The van der Waals surface area contributed by atoms with Gasteiger partial charge in [0.25, 0.3) is 0 Å². The van der Waals surface area contributed by atoms with Crippen molar-refractivity contribution >= 4 is 24.0 Å². The first-order valence-electron chi connectivity index (χ1n) is 4.08. The summed E-state index contributed by atoms with van der Waals surface area (Å²) in [6, 6.07) is 7.20. The summed E-state index contributed by atoms with van der Waals surface area (Å²) in [6.07, 6.45) is 0. The van der Waals surface area contributed by atoms with E-state index in [1.54, 1.807) is 12.1 Å². The molecule has 0 aliphatic rings. The van der Waals surface area contributed by atoms with Gasteiger partial charge in [-0.3, -0.25) is 0 Å². The molecule has 1 heterocycles. The molecule has 0 radical (unpaired) electrons. The van der Waals surface area contributed by atoms with Crippen molar-refractivity contribution in [2.75, 3.05) is 0 Å². The number of nitrogens with zero attached hydrogens (tertiary/aromatic N) is 2. The first-order chi connectivity index (χ1) is 6.79. The first kappa shape index (κ1) is 12.0. The molecule has 0 bridgehead atoms. The Morgan fingerprint density at radius 1 is 1.27 bits per heavy atom. The third-order valence-electron chi connectivity index (χ3n) is 1.75. The molecule has 2 rings (SSSR count). The Morgan fingerprint density at radius 3 is 2.47 bits per heavy atom. The maximum atomic E-state index is 5.75. The number of benzene rings is 1. The molecular weight excluding hydrogens is 237 g/mol. The van der Waals surface area contributed by atoms with E-state index in [2.05, 4.69) is 10.1 Å². The largest absolute Gasteiger partial charge is 0.338 e. The number of rotatable bonds is 2. The van der Waals surface area contributed by atoms with Gasteiger partial charge < -0.3 is 10.3 Å². The quantitative estimate of drug-likeness (QED) is 0.882. The van der Waals surface area contributed by atoms with Crippen LogP contribution in [0.3, 0.4) is 0 Å². The molecule has 0 amide bonds. The Labute approximate surface area is 97.8 Å². The van der Waals surface area contributed by atoms with Crippen LogP contribution < -0.4 is 5.73 Å². The van der Waals surface area contributed by atoms with Crippen LogP contribution in [0, 0.1) is 0 Å². The van der Waals surface area contributed by atoms with Gasteiger partial charge in [0.2, 0.25) is 11.7 Å². The van der Waals surface area contributed by atoms with E-state index in [4.69, 9.17) is 21.9 Å². The van der Waals surface area contributed by atoms with Crippen molar-refractivity contribution in [3.8, 4) is 11.4 Å². The summed E-state index contributed by atoms with van der Waals surface area (Å²) in [7, 11) is 0. The van der Waals surface area contributed by atoms with Crippen molar-refractivity contribution in [2.24, 2.45) is 5.73 Å². The molecule has 1 aromatic carbocycles. The van der Waals surface area contributed by atoms with Gasteiger partial charge in [-0.2, -0.15) is 4.98 Å². The number of halogens is 2. The fraction of sp³-hybridized carbons (Fsp3) is 0.111. The number of nitrogens with two attached hydrogens (primary N) is 1. The average Bonchev–Trinajstić information content (AvgIpc) is 2.67. The van der Waals surface area contributed by atoms with Crippen LogP contribution in [0.1, 0.15) is 5.89 Å². The molecule has 15 heavy (non-hydrogen) atoms. The zero-order chi connectivity index (χ0) is 9.97. The van der Waals surface area contributed by atoms with E-state index in [0.717, 1.165) is 5.56 Å². The number of aromatic nitrogens is 2. The van der Waals surface area contributed by atoms with E-state index in [1.807, 2.05) is 12.1 Å². The summed E-state index contributed by atoms with van der Waals surface area (Å²) < 4.78 is 4.88. The first-order valence-corrected chi connectivity index (χ1v) is 4.46. The molecule has 0 saturated carbocycles. The van der Waals surface area contributed by atoms with Crippen LogP contribution in [0.5, 0.6) is 0 Å². The third-order valence-corrected chi connectivity index (χ3v) is 2.00. The molecule has 6 heteroatoms. The van der Waals surface area contributed by atoms with Gasteiger partial charge in [-0.05, 0) is 24.3 Å². The zero-order valence-corrected chi connectivity index (χ0v) is 9.26. The van der Waals surface area contributed by atoms with Crippen LogP contribution in [-0.2, 0) is 6.54 Å². The van der Waals surface area contributed by atoms with Crippen LogP contribution in [0.25, 0.3) is 11.4 Å². The highest BCUT2D eigenvalue weighted by atomic mass is 35.5. The molecule has 0 aliphatic heterocycles. The fourth-order valence-corrected chi connectivity index (χ4v) is 1.18. The summed E-state index contributed by atoms with van der Waals surface area (Å²) in [6.45, 7) is 0.251. The molecule has 0 atom stereocenters. The van der Waals surface area contributed by atoms with Crippen molar-refractivity contribution in [1.82, 2.24) is 10.1 Å². The Kier molecular flexibility index (Phi) is 4.08. The van der Waals surface area contributed by atoms with E-state index < -0.39 is 0 Å². The minimum absolute atomic E-state index is 0. The second-order valence-electron chi connectivity index (χ2n) is 2.72. The minimum Gasteiger partial charge on any atom is -0.338 e. The molecular formula is C9H9Cl2N3O. The maximum Gasteiger partial charge on any atom is 0.240 e. The van der Waals surface area contributed by atoms with Crippen molar-refractivity contribution in [3.63, 3.8) is 0 Å². The monoisotopic (exact) mass is 245 g/mol. The summed E-state index contributed by atoms with van der Waals surface area (Å²) >= 11 is 5.75. The van der Waals surface area contributed by atoms with E-state index >= 15 is 0 Å². The van der Waals surface area contributed by atoms with Gasteiger partial charge in [0, 0.05) is 10.6 Å². The lowest BCUT2D eigenvalue weighted by Gasteiger charge is -1.92. The molecule has 0 unspecified atom stereocenters. The smallest absolute Gasteiger partial charge is 0.240 e. The maximum absolute atomic E-state index is 5.75. The van der Waals surface area contributed by atoms with Gasteiger partial charge in [-0.15, -0.1) is 12.4 Å². The lowest BCUT2D eigenvalue weighted by molar-refractivity contribution is 0.380. The highest BCUT2D eigenvalue weighted by molar-refractivity contribution is 6.30. The SMILES string of the molecule is Cl.NCc1nc(-c2ccc(Cl)cc2)no1. The van der Waals surface area contributed by atoms with Gasteiger partial charge in [0.1, 0.15) is 0 Å². The molecule has 0 fully saturated rings. The third kappa shape index (κ3) is 2.68. The highest BCUT2D eigenvalue weighted by Gasteiger charge is 2.06. The van der Waals surface area contributed by atoms with E-state index in [-0.39, 0.29) is 19.0 Å². The standard InChI is InChI=1S/C9H8ClN3O.ClH/c10-7-3-1-6(2-4-7)9-12-8(5-11)14-13-9;/h1-4H,5,11H2;1H. The van der Waals surface area contributed by atoms with Gasteiger partial charge >= 0.3 is 0 Å². The van der Waals surface area contributed by atoms with Gasteiger partial charge in [0.15, 0.2) is 0 Å². The summed E-state index contributed by atoms with van der Waals surface area (Å²) in [4.78, 5) is 4.08. The van der Waals surface area contributed by atoms with Crippen LogP contribution in [0.2, 0.25) is 5.02 Å². The van der Waals surface area contributed by atoms with Crippen LogP contribution in [-0.4, -0.2) is 10.1 Å². The van der Waals surface area contributed by atoms with Crippen molar-refractivity contribution in [1.29, 1.82) is 0 Å². The summed E-state index contributed by atoms with van der Waals surface area (Å²) in [5.74, 6) is 0.956. The second kappa shape index (κ2) is 5.11.